The molecule has 0 saturated carbocycles. The van der Waals surface area contributed by atoms with Gasteiger partial charge in [-0.25, -0.2) is 18.0 Å². The third-order valence-corrected chi connectivity index (χ3v) is 7.76. The molecular weight excluding hydrogens is 535 g/mol. The van der Waals surface area contributed by atoms with Crippen LogP contribution in [0.25, 0.3) is 10.4 Å². The van der Waals surface area contributed by atoms with E-state index in [1.165, 1.54) is 31.2 Å². The first kappa shape index (κ1) is 26.3. The number of ether oxygens (including phenoxy) is 1. The minimum atomic E-state index is -4.61. The summed E-state index contributed by atoms with van der Waals surface area (Å²) in [7, 11) is -4.22. The minimum absolute atomic E-state index is 0.0848. The van der Waals surface area contributed by atoms with E-state index >= 15 is 0 Å². The lowest BCUT2D eigenvalue weighted by Crippen LogP contribution is -2.15. The van der Waals surface area contributed by atoms with Gasteiger partial charge in [0.2, 0.25) is 0 Å². The Bertz CT molecular complexity index is 1400. The molecule has 0 aliphatic rings. The smallest absolute Gasteiger partial charge is 0.416 e. The number of thiophene rings is 1. The zero-order chi connectivity index (χ0) is 26.1. The lowest BCUT2D eigenvalue weighted by atomic mass is 10.1. The Kier molecular flexibility index (Phi) is 7.34. The van der Waals surface area contributed by atoms with Gasteiger partial charge in [-0.1, -0.05) is 23.7 Å². The first-order valence-corrected chi connectivity index (χ1v) is 12.1. The van der Waals surface area contributed by atoms with Gasteiger partial charge < -0.3 is 14.9 Å². The summed E-state index contributed by atoms with van der Waals surface area (Å²) in [4.78, 5) is 21.9. The Morgan fingerprint density at radius 1 is 1.11 bits per heavy atom. The summed E-state index contributed by atoms with van der Waals surface area (Å²) in [5.74, 6) is -3.01. The molecule has 35 heavy (non-hydrogen) atoms. The maximum Gasteiger partial charge on any atom is 0.416 e. The lowest BCUT2D eigenvalue weighted by molar-refractivity contribution is -0.139. The summed E-state index contributed by atoms with van der Waals surface area (Å²) in [5, 5.41) is 18.0. The number of aromatic carboxylic acids is 1. The molecular formula is C21H15ClF3NO7S2. The van der Waals surface area contributed by atoms with Crippen LogP contribution in [0.2, 0.25) is 5.02 Å². The number of alkyl halides is 3. The molecule has 3 aromatic rings. The van der Waals surface area contributed by atoms with Crippen LogP contribution in [0, 0.1) is 6.92 Å². The van der Waals surface area contributed by atoms with Gasteiger partial charge in [0.15, 0.2) is 17.2 Å². The van der Waals surface area contributed by atoms with Crippen molar-refractivity contribution in [1.82, 2.24) is 0 Å². The minimum Gasteiger partial charge on any atom is -0.479 e. The molecule has 0 radical (unpaired) electrons. The van der Waals surface area contributed by atoms with Crippen molar-refractivity contribution in [2.45, 2.75) is 18.0 Å². The number of carboxylic acids is 2. The van der Waals surface area contributed by atoms with Crippen LogP contribution in [-0.4, -0.2) is 37.2 Å². The molecule has 2 aromatic carbocycles. The monoisotopic (exact) mass is 549 g/mol. The van der Waals surface area contributed by atoms with E-state index < -0.39 is 40.3 Å². The van der Waals surface area contributed by atoms with E-state index in [0.717, 1.165) is 23.5 Å². The fourth-order valence-electron chi connectivity index (χ4n) is 3.01. The van der Waals surface area contributed by atoms with Crippen molar-refractivity contribution >= 4 is 50.6 Å². The molecule has 0 amide bonds. The SMILES string of the molecule is Cc1cc(C(F)(F)F)ccc1S(=O)(=O)Nc1ccc(-c2sc(C(=O)O)c(OCC(=O)O)c2Cl)cc1. The number of carboxylic acid groups (broad SMARTS) is 2. The molecule has 0 bridgehead atoms. The summed E-state index contributed by atoms with van der Waals surface area (Å²) in [6, 6.07) is 7.84. The number of anilines is 1. The molecule has 3 rings (SSSR count). The van der Waals surface area contributed by atoms with E-state index in [9.17, 15) is 36.3 Å². The second kappa shape index (κ2) is 9.76. The number of aliphatic carboxylic acids is 1. The number of benzene rings is 2. The normalized spacial score (nSPS) is 11.8. The van der Waals surface area contributed by atoms with Crippen LogP contribution in [-0.2, 0) is 21.0 Å². The highest BCUT2D eigenvalue weighted by Crippen LogP contribution is 2.45. The van der Waals surface area contributed by atoms with Crippen molar-refractivity contribution in [3.05, 3.63) is 63.5 Å². The number of nitrogens with one attached hydrogen (secondary N) is 1. The van der Waals surface area contributed by atoms with E-state index in [4.69, 9.17) is 21.4 Å². The van der Waals surface area contributed by atoms with Gasteiger partial charge in [0.1, 0.15) is 5.02 Å². The van der Waals surface area contributed by atoms with Crippen LogP contribution in [0.15, 0.2) is 47.4 Å². The van der Waals surface area contributed by atoms with Crippen LogP contribution in [0.1, 0.15) is 20.8 Å². The first-order valence-electron chi connectivity index (χ1n) is 9.42. The van der Waals surface area contributed by atoms with E-state index in [0.29, 0.717) is 11.6 Å². The molecule has 14 heteroatoms. The summed E-state index contributed by atoms with van der Waals surface area (Å²) in [5.41, 5.74) is -0.592. The zero-order valence-electron chi connectivity index (χ0n) is 17.5. The van der Waals surface area contributed by atoms with Crippen LogP contribution < -0.4 is 9.46 Å². The van der Waals surface area contributed by atoms with Gasteiger partial charge in [0.25, 0.3) is 10.0 Å². The van der Waals surface area contributed by atoms with E-state index in [1.807, 2.05) is 0 Å². The summed E-state index contributed by atoms with van der Waals surface area (Å²) in [6.07, 6.45) is -4.61. The van der Waals surface area contributed by atoms with Crippen molar-refractivity contribution in [3.8, 4) is 16.2 Å². The van der Waals surface area contributed by atoms with Crippen LogP contribution in [0.4, 0.5) is 18.9 Å². The van der Waals surface area contributed by atoms with Gasteiger partial charge >= 0.3 is 18.1 Å². The average Bonchev–Trinajstić information content (AvgIpc) is 3.08. The van der Waals surface area contributed by atoms with Crippen molar-refractivity contribution < 1.29 is 46.1 Å². The lowest BCUT2D eigenvalue weighted by Gasteiger charge is -2.13. The fourth-order valence-corrected chi connectivity index (χ4v) is 5.71. The topological polar surface area (TPSA) is 130 Å². The maximum atomic E-state index is 12.9. The molecule has 0 aliphatic carbocycles. The van der Waals surface area contributed by atoms with Gasteiger partial charge in [0, 0.05) is 5.69 Å². The number of rotatable bonds is 8. The molecule has 0 spiro atoms. The Morgan fingerprint density at radius 3 is 2.26 bits per heavy atom. The molecule has 0 saturated heterocycles. The number of hydrogen-bond acceptors (Lipinski definition) is 6. The molecule has 0 fully saturated rings. The third kappa shape index (κ3) is 5.86. The highest BCUT2D eigenvalue weighted by atomic mass is 35.5. The maximum absolute atomic E-state index is 12.9. The van der Waals surface area contributed by atoms with Crippen LogP contribution in [0.5, 0.6) is 5.75 Å². The zero-order valence-corrected chi connectivity index (χ0v) is 19.9. The van der Waals surface area contributed by atoms with Crippen molar-refractivity contribution in [2.24, 2.45) is 0 Å². The average molecular weight is 550 g/mol. The van der Waals surface area contributed by atoms with Crippen molar-refractivity contribution in [3.63, 3.8) is 0 Å². The molecule has 186 valence electrons. The highest BCUT2D eigenvalue weighted by molar-refractivity contribution is 7.92. The van der Waals surface area contributed by atoms with E-state index in [2.05, 4.69) is 4.72 Å². The van der Waals surface area contributed by atoms with Gasteiger partial charge in [-0.15, -0.1) is 11.3 Å². The number of aryl methyl sites for hydroxylation is 1. The Hall–Kier alpha value is -3.29. The summed E-state index contributed by atoms with van der Waals surface area (Å²) < 4.78 is 71.3. The Balaban J connectivity index is 1.88. The van der Waals surface area contributed by atoms with Gasteiger partial charge in [-0.3, -0.25) is 4.72 Å². The molecule has 3 N–H and O–H groups in total. The number of halogens is 4. The standard InChI is InChI=1S/C21H15ClF3NO7S2/c1-10-8-12(21(23,24)25)4-7-14(10)35(31,32)26-13-5-2-11(3-6-13)18-16(22)17(33-9-15(27)28)19(34-18)20(29)30/h2-8,26H,9H2,1H3,(H,27,28)(H,29,30). The van der Waals surface area contributed by atoms with Crippen LogP contribution >= 0.6 is 22.9 Å². The molecule has 8 nitrogen and oxygen atoms in total. The van der Waals surface area contributed by atoms with Gasteiger partial charge in [-0.05, 0) is 48.4 Å². The molecule has 0 atom stereocenters. The molecule has 0 aliphatic heterocycles. The summed E-state index contributed by atoms with van der Waals surface area (Å²) >= 11 is 6.96. The van der Waals surface area contributed by atoms with E-state index in [-0.39, 0.29) is 36.7 Å². The number of carbonyl (C=O) groups is 2. The predicted octanol–water partition coefficient (Wildman–Crippen LogP) is 5.36. The third-order valence-electron chi connectivity index (χ3n) is 4.53. The molecule has 1 heterocycles. The van der Waals surface area contributed by atoms with Gasteiger partial charge in [-0.2, -0.15) is 13.2 Å². The van der Waals surface area contributed by atoms with Crippen molar-refractivity contribution in [1.29, 1.82) is 0 Å². The highest BCUT2D eigenvalue weighted by Gasteiger charge is 2.31. The summed E-state index contributed by atoms with van der Waals surface area (Å²) in [6.45, 7) is 0.440. The number of hydrogen-bond donors (Lipinski definition) is 3. The number of sulfonamides is 1. The second-order valence-electron chi connectivity index (χ2n) is 7.05. The Morgan fingerprint density at radius 2 is 1.74 bits per heavy atom. The van der Waals surface area contributed by atoms with Crippen LogP contribution in [0.3, 0.4) is 0 Å². The molecule has 0 unspecified atom stereocenters. The predicted molar refractivity (Wildman–Crippen MR) is 122 cm³/mol. The second-order valence-corrected chi connectivity index (χ2v) is 10.1. The Labute approximate surface area is 205 Å². The van der Waals surface area contributed by atoms with E-state index in [1.54, 1.807) is 0 Å². The van der Waals surface area contributed by atoms with Crippen molar-refractivity contribution in [2.75, 3.05) is 11.3 Å². The first-order chi connectivity index (χ1) is 16.2. The fraction of sp³-hybridized carbons (Fsp3) is 0.143. The van der Waals surface area contributed by atoms with Gasteiger partial charge in [0.05, 0.1) is 15.3 Å². The quantitative estimate of drug-likeness (QED) is 0.345. The molecule has 1 aromatic heterocycles. The largest absolute Gasteiger partial charge is 0.479 e.